The molecule has 0 fully saturated rings. The Hall–Kier alpha value is -0.210. The zero-order chi connectivity index (χ0) is 22.0. The van der Waals surface area contributed by atoms with Crippen molar-refractivity contribution in [3.8, 4) is 0 Å². The van der Waals surface area contributed by atoms with E-state index in [2.05, 4.69) is 56.1 Å². The molecule has 0 N–H and O–H groups in total. The third kappa shape index (κ3) is 58.5. The molecule has 0 aromatic rings. The van der Waals surface area contributed by atoms with Crippen molar-refractivity contribution in [3.63, 3.8) is 0 Å². The Morgan fingerprint density at radius 2 is 0.778 bits per heavy atom. The van der Waals surface area contributed by atoms with Gasteiger partial charge in [0.2, 0.25) is 0 Å². The molecule has 0 atom stereocenters. The van der Waals surface area contributed by atoms with Gasteiger partial charge in [-0.15, -0.1) is 0 Å². The van der Waals surface area contributed by atoms with E-state index in [0.29, 0.717) is 0 Å². The summed E-state index contributed by atoms with van der Waals surface area (Å²) in [5.41, 5.74) is 0. The molecule has 0 aromatic heterocycles. The fourth-order valence-electron chi connectivity index (χ4n) is 2.38. The topological polar surface area (TPSA) is 80.3 Å². The number of unbranched alkanes of at least 4 members (excludes halogenated alkanes) is 8. The van der Waals surface area contributed by atoms with Gasteiger partial charge in [-0.1, -0.05) is 52.4 Å². The summed E-state index contributed by atoms with van der Waals surface area (Å²) in [6, 6.07) is 0. The predicted molar refractivity (Wildman–Crippen MR) is 114 cm³/mol. The van der Waals surface area contributed by atoms with Gasteiger partial charge in [-0.3, -0.25) is 8.42 Å². The number of quaternary nitrogens is 2. The molecule has 168 valence electrons. The molecule has 0 aliphatic carbocycles. The van der Waals surface area contributed by atoms with Crippen molar-refractivity contribution in [3.05, 3.63) is 0 Å². The van der Waals surface area contributed by atoms with Crippen LogP contribution >= 0.6 is 0 Å². The summed E-state index contributed by atoms with van der Waals surface area (Å²) >= 11 is 0. The van der Waals surface area contributed by atoms with Gasteiger partial charge in [0.05, 0.1) is 55.4 Å². The van der Waals surface area contributed by atoms with Crippen molar-refractivity contribution in [2.24, 2.45) is 0 Å². The van der Waals surface area contributed by atoms with Crippen molar-refractivity contribution in [1.29, 1.82) is 0 Å². The van der Waals surface area contributed by atoms with E-state index in [1.807, 2.05) is 0 Å². The van der Waals surface area contributed by atoms with Crippen LogP contribution < -0.4 is 0 Å². The van der Waals surface area contributed by atoms with E-state index < -0.39 is 10.4 Å². The summed E-state index contributed by atoms with van der Waals surface area (Å²) in [7, 11) is 8.42. The summed E-state index contributed by atoms with van der Waals surface area (Å²) in [5.74, 6) is 0. The minimum atomic E-state index is -5.17. The van der Waals surface area contributed by atoms with Gasteiger partial charge in [0.25, 0.3) is 0 Å². The highest BCUT2D eigenvalue weighted by atomic mass is 32.3. The van der Waals surface area contributed by atoms with Gasteiger partial charge < -0.3 is 18.1 Å². The minimum absolute atomic E-state index is 1.12. The fraction of sp³-hybridized carbons (Fsp3) is 1.00. The smallest absolute Gasteiger partial charge is 0.0780 e. The molecule has 0 aliphatic rings. The van der Waals surface area contributed by atoms with Gasteiger partial charge in [0, 0.05) is 10.4 Å². The van der Waals surface area contributed by atoms with E-state index in [4.69, 9.17) is 17.5 Å². The zero-order valence-electron chi connectivity index (χ0n) is 19.4. The lowest BCUT2D eigenvalue weighted by Crippen LogP contribution is -2.35. The van der Waals surface area contributed by atoms with Crippen LogP contribution in [0.2, 0.25) is 0 Å². The lowest BCUT2D eigenvalue weighted by atomic mass is 10.1. The molecule has 0 unspecified atom stereocenters. The first-order chi connectivity index (χ1) is 12.1. The van der Waals surface area contributed by atoms with E-state index in [-0.39, 0.29) is 0 Å². The third-order valence-corrected chi connectivity index (χ3v) is 3.86. The average molecular weight is 413 g/mol. The molecule has 0 heterocycles. The van der Waals surface area contributed by atoms with Crippen molar-refractivity contribution < 1.29 is 26.5 Å². The second-order valence-corrected chi connectivity index (χ2v) is 10.1. The minimum Gasteiger partial charge on any atom is -0.759 e. The normalized spacial score (nSPS) is 11.9. The van der Waals surface area contributed by atoms with Crippen LogP contribution in [-0.2, 0) is 10.4 Å². The van der Waals surface area contributed by atoms with Gasteiger partial charge in [-0.05, 0) is 25.7 Å². The van der Waals surface area contributed by atoms with Crippen LogP contribution in [0.25, 0.3) is 0 Å². The molecule has 0 saturated heterocycles. The first-order valence-electron chi connectivity index (χ1n) is 10.4. The molecule has 0 rings (SSSR count). The summed E-state index contributed by atoms with van der Waals surface area (Å²) in [4.78, 5) is 0. The van der Waals surface area contributed by atoms with Gasteiger partial charge in [-0.2, -0.15) is 0 Å². The SMILES string of the molecule is CCCCCCC[N+](C)(C)C.CCCCCCC[N+](C)(C)C.O=S(=O)([O-])[O-]. The molecule has 0 bridgehead atoms. The summed E-state index contributed by atoms with van der Waals surface area (Å²) < 4.78 is 36.3. The van der Waals surface area contributed by atoms with Crippen molar-refractivity contribution >= 4 is 10.4 Å². The molecular formula is C20H48N2O4S. The largest absolute Gasteiger partial charge is 0.759 e. The Balaban J connectivity index is -0.000000344. The predicted octanol–water partition coefficient (Wildman–Crippen LogP) is 3.99. The maximum atomic E-state index is 8.52. The summed E-state index contributed by atoms with van der Waals surface area (Å²) in [5, 5.41) is 0. The molecule has 6 nitrogen and oxygen atoms in total. The molecule has 27 heavy (non-hydrogen) atoms. The molecule has 0 radical (unpaired) electrons. The van der Waals surface area contributed by atoms with E-state index in [1.165, 1.54) is 77.3 Å². The van der Waals surface area contributed by atoms with Crippen LogP contribution in [0.5, 0.6) is 0 Å². The van der Waals surface area contributed by atoms with E-state index in [0.717, 1.165) is 8.97 Å². The fourth-order valence-corrected chi connectivity index (χ4v) is 2.38. The summed E-state index contributed by atoms with van der Waals surface area (Å²) in [6.45, 7) is 7.17. The van der Waals surface area contributed by atoms with E-state index in [9.17, 15) is 0 Å². The average Bonchev–Trinajstić information content (AvgIpc) is 2.43. The van der Waals surface area contributed by atoms with E-state index in [1.54, 1.807) is 0 Å². The molecule has 0 spiro atoms. The zero-order valence-corrected chi connectivity index (χ0v) is 20.2. The Morgan fingerprint density at radius 1 is 0.556 bits per heavy atom. The first kappa shape index (κ1) is 31.5. The number of nitrogens with zero attached hydrogens (tertiary/aromatic N) is 2. The van der Waals surface area contributed by atoms with E-state index >= 15 is 0 Å². The van der Waals surface area contributed by atoms with Crippen LogP contribution in [0.15, 0.2) is 0 Å². The molecule has 7 heteroatoms. The Bertz CT molecular complexity index is 367. The molecule has 0 aliphatic heterocycles. The molecule has 0 aromatic carbocycles. The summed E-state index contributed by atoms with van der Waals surface area (Å²) in [6.07, 6.45) is 14.0. The maximum Gasteiger partial charge on any atom is 0.0780 e. The molecular weight excluding hydrogens is 364 g/mol. The highest BCUT2D eigenvalue weighted by Gasteiger charge is 2.05. The number of rotatable bonds is 12. The van der Waals surface area contributed by atoms with Gasteiger partial charge in [0.1, 0.15) is 0 Å². The highest BCUT2D eigenvalue weighted by molar-refractivity contribution is 7.79. The van der Waals surface area contributed by atoms with Crippen LogP contribution in [-0.4, -0.2) is 81.9 Å². The standard InChI is InChI=1S/2C10H24N.H2O4S/c2*1-5-6-7-8-9-10-11(2,3)4;1-5(2,3)4/h2*5-10H2,1-4H3;(H2,1,2,3,4)/q2*+1;/p-2. The molecule has 0 amide bonds. The lowest BCUT2D eigenvalue weighted by molar-refractivity contribution is -0.870. The van der Waals surface area contributed by atoms with Gasteiger partial charge >= 0.3 is 0 Å². The van der Waals surface area contributed by atoms with Crippen molar-refractivity contribution in [1.82, 2.24) is 0 Å². The third-order valence-electron chi connectivity index (χ3n) is 3.86. The Labute approximate surface area is 170 Å². The lowest BCUT2D eigenvalue weighted by Gasteiger charge is -2.23. The van der Waals surface area contributed by atoms with Crippen LogP contribution in [0, 0.1) is 0 Å². The Morgan fingerprint density at radius 3 is 0.963 bits per heavy atom. The monoisotopic (exact) mass is 412 g/mol. The van der Waals surface area contributed by atoms with Crippen LogP contribution in [0.3, 0.4) is 0 Å². The number of hydrogen-bond donors (Lipinski definition) is 0. The van der Waals surface area contributed by atoms with Crippen LogP contribution in [0.1, 0.15) is 78.1 Å². The van der Waals surface area contributed by atoms with Crippen LogP contribution in [0.4, 0.5) is 0 Å². The van der Waals surface area contributed by atoms with Gasteiger partial charge in [-0.25, -0.2) is 0 Å². The van der Waals surface area contributed by atoms with Gasteiger partial charge in [0.15, 0.2) is 0 Å². The maximum absolute atomic E-state index is 8.52. The second kappa shape index (κ2) is 17.9. The highest BCUT2D eigenvalue weighted by Crippen LogP contribution is 2.05. The quantitative estimate of drug-likeness (QED) is 0.210. The second-order valence-electron chi connectivity index (χ2n) is 9.26. The number of hydrogen-bond acceptors (Lipinski definition) is 4. The molecule has 0 saturated carbocycles. The van der Waals surface area contributed by atoms with Crippen molar-refractivity contribution in [2.45, 2.75) is 78.1 Å². The first-order valence-corrected chi connectivity index (χ1v) is 11.7. The Kier molecular flexibility index (Phi) is 20.8. The van der Waals surface area contributed by atoms with Crippen molar-refractivity contribution in [2.75, 3.05) is 55.4 Å².